The van der Waals surface area contributed by atoms with Crippen LogP contribution in [0.1, 0.15) is 21.7 Å². The minimum atomic E-state index is -0.585. The van der Waals surface area contributed by atoms with Gasteiger partial charge < -0.3 is 19.1 Å². The van der Waals surface area contributed by atoms with Crippen molar-refractivity contribution >= 4 is 23.4 Å². The van der Waals surface area contributed by atoms with Crippen molar-refractivity contribution in [2.75, 3.05) is 33.3 Å². The minimum Gasteiger partial charge on any atom is -0.497 e. The van der Waals surface area contributed by atoms with Crippen molar-refractivity contribution in [1.82, 2.24) is 15.0 Å². The number of benzene rings is 2. The van der Waals surface area contributed by atoms with E-state index in [1.54, 1.807) is 23.8 Å². The number of carbonyl (C=O) groups is 2. The average Bonchev–Trinajstić information content (AvgIpc) is 3.19. The molecule has 1 aliphatic rings. The highest BCUT2D eigenvalue weighted by Crippen LogP contribution is 2.34. The molecule has 0 spiro atoms. The van der Waals surface area contributed by atoms with Crippen molar-refractivity contribution in [3.8, 4) is 17.0 Å². The largest absolute Gasteiger partial charge is 0.497 e. The summed E-state index contributed by atoms with van der Waals surface area (Å²) in [6.45, 7) is 3.09. The van der Waals surface area contributed by atoms with Crippen molar-refractivity contribution in [1.29, 1.82) is 0 Å². The van der Waals surface area contributed by atoms with Gasteiger partial charge in [-0.1, -0.05) is 35.0 Å². The SMILES string of the molecule is COc1cccc(CC(=O)N2CCN(C(=O)c3c(-c4c(F)cccc4Cl)noc3C)CC2)c1. The molecule has 0 aliphatic carbocycles. The first-order chi connectivity index (χ1) is 15.9. The molecular formula is C24H23ClFN3O4. The third kappa shape index (κ3) is 4.71. The molecule has 1 saturated heterocycles. The molecule has 0 bridgehead atoms. The van der Waals surface area contributed by atoms with E-state index in [4.69, 9.17) is 20.9 Å². The molecule has 0 atom stereocenters. The van der Waals surface area contributed by atoms with Gasteiger partial charge in [-0.2, -0.15) is 0 Å². The zero-order valence-corrected chi connectivity index (χ0v) is 19.1. The first-order valence-electron chi connectivity index (χ1n) is 10.5. The molecule has 33 heavy (non-hydrogen) atoms. The van der Waals surface area contributed by atoms with Gasteiger partial charge in [0.15, 0.2) is 0 Å². The van der Waals surface area contributed by atoms with Crippen LogP contribution in [0, 0.1) is 12.7 Å². The summed E-state index contributed by atoms with van der Waals surface area (Å²) in [5.41, 5.74) is 1.16. The van der Waals surface area contributed by atoms with Gasteiger partial charge in [-0.15, -0.1) is 0 Å². The van der Waals surface area contributed by atoms with Crippen LogP contribution in [-0.2, 0) is 11.2 Å². The summed E-state index contributed by atoms with van der Waals surface area (Å²) < 4.78 is 24.9. The maximum atomic E-state index is 14.5. The molecule has 0 unspecified atom stereocenters. The van der Waals surface area contributed by atoms with Crippen LogP contribution in [0.25, 0.3) is 11.3 Å². The summed E-state index contributed by atoms with van der Waals surface area (Å²) in [7, 11) is 1.58. The number of piperazine rings is 1. The fourth-order valence-electron chi connectivity index (χ4n) is 3.90. The molecule has 2 heterocycles. The Morgan fingerprint density at radius 3 is 2.52 bits per heavy atom. The van der Waals surface area contributed by atoms with Crippen LogP contribution in [-0.4, -0.2) is 60.1 Å². The van der Waals surface area contributed by atoms with Gasteiger partial charge in [0.25, 0.3) is 5.91 Å². The lowest BCUT2D eigenvalue weighted by Gasteiger charge is -2.35. The molecule has 9 heteroatoms. The fraction of sp³-hybridized carbons (Fsp3) is 0.292. The Bertz CT molecular complexity index is 1170. The van der Waals surface area contributed by atoms with Crippen LogP contribution < -0.4 is 4.74 Å². The molecule has 0 saturated carbocycles. The molecule has 3 aromatic rings. The number of rotatable bonds is 5. The van der Waals surface area contributed by atoms with E-state index in [-0.39, 0.29) is 45.8 Å². The molecule has 0 radical (unpaired) electrons. The molecule has 2 aromatic carbocycles. The lowest BCUT2D eigenvalue weighted by Crippen LogP contribution is -2.51. The van der Waals surface area contributed by atoms with Crippen molar-refractivity contribution in [2.45, 2.75) is 13.3 Å². The first kappa shape index (κ1) is 22.8. The second-order valence-electron chi connectivity index (χ2n) is 7.76. The number of aryl methyl sites for hydroxylation is 1. The van der Waals surface area contributed by atoms with Gasteiger partial charge in [-0.25, -0.2) is 4.39 Å². The standard InChI is InChI=1S/C24H23ClFN3O4/c1-15-21(23(27-33-15)22-18(25)7-4-8-19(22)26)24(31)29-11-9-28(10-12-29)20(30)14-16-5-3-6-17(13-16)32-2/h3-8,13H,9-12,14H2,1-2H3. The number of methoxy groups -OCH3 is 1. The van der Waals surface area contributed by atoms with E-state index in [0.29, 0.717) is 31.9 Å². The van der Waals surface area contributed by atoms with E-state index >= 15 is 0 Å². The molecule has 4 rings (SSSR count). The molecule has 0 N–H and O–H groups in total. The third-order valence-corrected chi connectivity index (χ3v) is 6.00. The van der Waals surface area contributed by atoms with Crippen LogP contribution in [0.15, 0.2) is 47.0 Å². The number of nitrogens with zero attached hydrogens (tertiary/aromatic N) is 3. The van der Waals surface area contributed by atoms with Gasteiger partial charge in [0.1, 0.15) is 28.6 Å². The van der Waals surface area contributed by atoms with Crippen molar-refractivity contribution < 1.29 is 23.2 Å². The van der Waals surface area contributed by atoms with Gasteiger partial charge in [-0.05, 0) is 36.8 Å². The van der Waals surface area contributed by atoms with Gasteiger partial charge in [-0.3, -0.25) is 9.59 Å². The van der Waals surface area contributed by atoms with Crippen molar-refractivity contribution in [3.63, 3.8) is 0 Å². The topological polar surface area (TPSA) is 75.9 Å². The maximum absolute atomic E-state index is 14.5. The molecule has 172 valence electrons. The van der Waals surface area contributed by atoms with Crippen LogP contribution in [0.4, 0.5) is 4.39 Å². The third-order valence-electron chi connectivity index (χ3n) is 5.69. The summed E-state index contributed by atoms with van der Waals surface area (Å²) in [5.74, 6) is 0.0486. The number of halogens is 2. The van der Waals surface area contributed by atoms with Crippen molar-refractivity contribution in [2.24, 2.45) is 0 Å². The Kier molecular flexibility index (Phi) is 6.65. The molecule has 1 fully saturated rings. The first-order valence-corrected chi connectivity index (χ1v) is 10.9. The zero-order valence-electron chi connectivity index (χ0n) is 18.3. The van der Waals surface area contributed by atoms with E-state index in [2.05, 4.69) is 5.16 Å². The van der Waals surface area contributed by atoms with Crippen LogP contribution in [0.2, 0.25) is 5.02 Å². The predicted octanol–water partition coefficient (Wildman–Crippen LogP) is 3.98. The van der Waals surface area contributed by atoms with Gasteiger partial charge in [0.2, 0.25) is 5.91 Å². The van der Waals surface area contributed by atoms with Gasteiger partial charge in [0, 0.05) is 26.2 Å². The normalized spacial score (nSPS) is 13.8. The molecule has 7 nitrogen and oxygen atoms in total. The number of amides is 2. The number of hydrogen-bond acceptors (Lipinski definition) is 5. The highest BCUT2D eigenvalue weighted by Gasteiger charge is 2.31. The Hall–Kier alpha value is -3.39. The van der Waals surface area contributed by atoms with Crippen LogP contribution >= 0.6 is 11.6 Å². The Morgan fingerprint density at radius 2 is 1.82 bits per heavy atom. The number of hydrogen-bond donors (Lipinski definition) is 0. The Morgan fingerprint density at radius 1 is 1.12 bits per heavy atom. The van der Waals surface area contributed by atoms with Crippen LogP contribution in [0.3, 0.4) is 0 Å². The minimum absolute atomic E-state index is 0.0182. The molecule has 1 aliphatic heterocycles. The number of aromatic nitrogens is 1. The zero-order chi connectivity index (χ0) is 23.5. The summed E-state index contributed by atoms with van der Waals surface area (Å²) in [4.78, 5) is 29.4. The highest BCUT2D eigenvalue weighted by atomic mass is 35.5. The molecule has 1 aromatic heterocycles. The quantitative estimate of drug-likeness (QED) is 0.562. The monoisotopic (exact) mass is 471 g/mol. The van der Waals surface area contributed by atoms with Gasteiger partial charge >= 0.3 is 0 Å². The maximum Gasteiger partial charge on any atom is 0.259 e. The smallest absolute Gasteiger partial charge is 0.259 e. The second-order valence-corrected chi connectivity index (χ2v) is 8.17. The lowest BCUT2D eigenvalue weighted by atomic mass is 10.0. The summed E-state index contributed by atoms with van der Waals surface area (Å²) >= 11 is 6.18. The van der Waals surface area contributed by atoms with Crippen molar-refractivity contribution in [3.05, 3.63) is 70.2 Å². The molecular weight excluding hydrogens is 449 g/mol. The van der Waals surface area contributed by atoms with E-state index in [9.17, 15) is 14.0 Å². The van der Waals surface area contributed by atoms with Crippen LogP contribution in [0.5, 0.6) is 5.75 Å². The number of ether oxygens (including phenoxy) is 1. The number of carbonyl (C=O) groups excluding carboxylic acids is 2. The fourth-order valence-corrected chi connectivity index (χ4v) is 4.16. The summed E-state index contributed by atoms with van der Waals surface area (Å²) in [5, 5.41) is 4.05. The van der Waals surface area contributed by atoms with E-state index in [0.717, 1.165) is 5.56 Å². The lowest BCUT2D eigenvalue weighted by molar-refractivity contribution is -0.131. The highest BCUT2D eigenvalue weighted by molar-refractivity contribution is 6.33. The Balaban J connectivity index is 1.45. The van der Waals surface area contributed by atoms with Gasteiger partial charge in [0.05, 0.1) is 24.1 Å². The molecule has 2 amide bonds. The predicted molar refractivity (Wildman–Crippen MR) is 121 cm³/mol. The Labute approximate surface area is 195 Å². The van der Waals surface area contributed by atoms with E-state index < -0.39 is 5.82 Å². The second kappa shape index (κ2) is 9.62. The summed E-state index contributed by atoms with van der Waals surface area (Å²) in [6.07, 6.45) is 0.256. The van der Waals surface area contributed by atoms with E-state index in [1.165, 1.54) is 18.2 Å². The van der Waals surface area contributed by atoms with E-state index in [1.807, 2.05) is 24.3 Å². The average molecular weight is 472 g/mol. The summed E-state index contributed by atoms with van der Waals surface area (Å²) in [6, 6.07) is 11.7.